The fraction of sp³-hybridized carbons (Fsp3) is 0.464. The number of hydrogen-bond donors (Lipinski definition) is 1. The van der Waals surface area contributed by atoms with E-state index in [4.69, 9.17) is 9.47 Å². The van der Waals surface area contributed by atoms with E-state index in [1.54, 1.807) is 21.9 Å². The number of amides is 3. The van der Waals surface area contributed by atoms with Crippen molar-refractivity contribution in [2.75, 3.05) is 32.2 Å². The van der Waals surface area contributed by atoms with E-state index in [-0.39, 0.29) is 17.7 Å². The first kappa shape index (κ1) is 25.5. The van der Waals surface area contributed by atoms with Crippen LogP contribution in [0.15, 0.2) is 36.4 Å². The van der Waals surface area contributed by atoms with E-state index in [0.29, 0.717) is 53.7 Å². The molecule has 1 N–H and O–H groups in total. The van der Waals surface area contributed by atoms with Crippen LogP contribution in [0, 0.1) is 5.92 Å². The summed E-state index contributed by atoms with van der Waals surface area (Å²) in [4.78, 5) is 42.8. The summed E-state index contributed by atoms with van der Waals surface area (Å²) in [7, 11) is 3.05. The maximum Gasteiger partial charge on any atom is 0.264 e. The fourth-order valence-corrected chi connectivity index (χ4v) is 4.98. The number of methoxy groups -OCH3 is 2. The number of unbranched alkanes of at least 4 members (excludes halogenated alkanes) is 2. The molecule has 36 heavy (non-hydrogen) atoms. The monoisotopic (exact) mass is 493 g/mol. The van der Waals surface area contributed by atoms with Crippen molar-refractivity contribution in [3.05, 3.63) is 53.1 Å². The van der Waals surface area contributed by atoms with E-state index in [1.807, 2.05) is 24.3 Å². The fourth-order valence-electron chi connectivity index (χ4n) is 4.98. The molecule has 4 rings (SSSR count). The SMILES string of the molecule is COc1ccc2c(c1OC)C(=O)N1c3ccccc3C(=O)N(CCCCCC(=O)NCCC(C)C)[C@@H]21. The second kappa shape index (κ2) is 11.0. The van der Waals surface area contributed by atoms with Gasteiger partial charge in [0.15, 0.2) is 11.5 Å². The minimum absolute atomic E-state index is 0.0705. The molecular weight excluding hydrogens is 458 g/mol. The number of fused-ring (bicyclic) bond motifs is 5. The second-order valence-corrected chi connectivity index (χ2v) is 9.67. The number of nitrogens with zero attached hydrogens (tertiary/aromatic N) is 2. The Balaban J connectivity index is 1.51. The van der Waals surface area contributed by atoms with Crippen molar-refractivity contribution in [1.29, 1.82) is 0 Å². The molecule has 0 aromatic heterocycles. The Kier molecular flexibility index (Phi) is 7.82. The van der Waals surface area contributed by atoms with Crippen LogP contribution in [0.1, 0.15) is 78.4 Å². The molecule has 2 heterocycles. The molecule has 3 amide bonds. The van der Waals surface area contributed by atoms with Crippen LogP contribution < -0.4 is 19.7 Å². The summed E-state index contributed by atoms with van der Waals surface area (Å²) in [5.41, 5.74) is 2.26. The van der Waals surface area contributed by atoms with Crippen LogP contribution in [0.5, 0.6) is 11.5 Å². The van der Waals surface area contributed by atoms with Crippen molar-refractivity contribution in [3.63, 3.8) is 0 Å². The third kappa shape index (κ3) is 4.76. The number of hydrogen-bond acceptors (Lipinski definition) is 5. The minimum Gasteiger partial charge on any atom is -0.493 e. The van der Waals surface area contributed by atoms with Gasteiger partial charge < -0.3 is 19.7 Å². The first-order chi connectivity index (χ1) is 17.4. The number of para-hydroxylation sites is 1. The number of ether oxygens (including phenoxy) is 2. The molecule has 2 aromatic rings. The van der Waals surface area contributed by atoms with Crippen LogP contribution in [-0.2, 0) is 4.79 Å². The van der Waals surface area contributed by atoms with Crippen LogP contribution in [0.25, 0.3) is 0 Å². The molecule has 2 aliphatic heterocycles. The molecule has 2 aromatic carbocycles. The smallest absolute Gasteiger partial charge is 0.264 e. The normalized spacial score (nSPS) is 16.1. The molecule has 8 nitrogen and oxygen atoms in total. The van der Waals surface area contributed by atoms with Crippen molar-refractivity contribution >= 4 is 23.4 Å². The maximum absolute atomic E-state index is 13.7. The van der Waals surface area contributed by atoms with Gasteiger partial charge >= 0.3 is 0 Å². The lowest BCUT2D eigenvalue weighted by Crippen LogP contribution is -2.48. The number of rotatable bonds is 11. The third-order valence-corrected chi connectivity index (χ3v) is 6.83. The zero-order chi connectivity index (χ0) is 25.8. The Morgan fingerprint density at radius 3 is 2.50 bits per heavy atom. The van der Waals surface area contributed by atoms with E-state index >= 15 is 0 Å². The van der Waals surface area contributed by atoms with Crippen LogP contribution in [0.4, 0.5) is 5.69 Å². The molecule has 0 radical (unpaired) electrons. The van der Waals surface area contributed by atoms with Gasteiger partial charge in [-0.25, -0.2) is 0 Å². The van der Waals surface area contributed by atoms with Crippen molar-refractivity contribution in [3.8, 4) is 11.5 Å². The standard InChI is InChI=1S/C28H35N3O5/c1-18(2)15-16-29-23(32)12-6-5-9-17-30-26-20-13-14-22(35-3)25(36-4)24(20)28(34)31(26)21-11-8-7-10-19(21)27(30)33/h7-8,10-11,13-14,18,26H,5-6,9,12,15-17H2,1-4H3,(H,29,32)/t26-/m1/s1. The van der Waals surface area contributed by atoms with Gasteiger partial charge in [0.1, 0.15) is 6.17 Å². The van der Waals surface area contributed by atoms with Gasteiger partial charge in [-0.1, -0.05) is 38.5 Å². The highest BCUT2D eigenvalue weighted by Crippen LogP contribution is 2.49. The summed E-state index contributed by atoms with van der Waals surface area (Å²) in [6.45, 7) is 5.45. The van der Waals surface area contributed by atoms with Crippen LogP contribution in [0.3, 0.4) is 0 Å². The second-order valence-electron chi connectivity index (χ2n) is 9.67. The maximum atomic E-state index is 13.7. The highest BCUT2D eigenvalue weighted by molar-refractivity contribution is 6.18. The molecule has 192 valence electrons. The first-order valence-electron chi connectivity index (χ1n) is 12.6. The predicted octanol–water partition coefficient (Wildman–Crippen LogP) is 4.54. The van der Waals surface area contributed by atoms with Gasteiger partial charge in [0.2, 0.25) is 5.91 Å². The molecule has 1 atom stereocenters. The lowest BCUT2D eigenvalue weighted by atomic mass is 10.0. The van der Waals surface area contributed by atoms with Crippen molar-refractivity contribution < 1.29 is 23.9 Å². The van der Waals surface area contributed by atoms with Gasteiger partial charge in [-0.2, -0.15) is 0 Å². The third-order valence-electron chi connectivity index (χ3n) is 6.83. The van der Waals surface area contributed by atoms with E-state index in [1.165, 1.54) is 14.2 Å². The van der Waals surface area contributed by atoms with Crippen molar-refractivity contribution in [1.82, 2.24) is 10.2 Å². The molecule has 2 aliphatic rings. The van der Waals surface area contributed by atoms with E-state index in [0.717, 1.165) is 31.2 Å². The average Bonchev–Trinajstić information content (AvgIpc) is 3.17. The van der Waals surface area contributed by atoms with Gasteiger partial charge in [-0.3, -0.25) is 19.3 Å². The minimum atomic E-state index is -0.547. The summed E-state index contributed by atoms with van der Waals surface area (Å²) in [5.74, 6) is 1.17. The zero-order valence-corrected chi connectivity index (χ0v) is 21.5. The largest absolute Gasteiger partial charge is 0.493 e. The lowest BCUT2D eigenvalue weighted by Gasteiger charge is -2.41. The topological polar surface area (TPSA) is 88.2 Å². The zero-order valence-electron chi connectivity index (χ0n) is 21.5. The predicted molar refractivity (Wildman–Crippen MR) is 138 cm³/mol. The average molecular weight is 494 g/mol. The summed E-state index contributed by atoms with van der Waals surface area (Å²) >= 11 is 0. The Hall–Kier alpha value is -3.55. The van der Waals surface area contributed by atoms with Gasteiger partial charge in [0, 0.05) is 25.1 Å². The molecule has 0 bridgehead atoms. The molecular formula is C28H35N3O5. The van der Waals surface area contributed by atoms with E-state index < -0.39 is 6.17 Å². The Morgan fingerprint density at radius 2 is 1.78 bits per heavy atom. The molecule has 0 unspecified atom stereocenters. The summed E-state index contributed by atoms with van der Waals surface area (Å²) < 4.78 is 11.0. The van der Waals surface area contributed by atoms with Gasteiger partial charge in [-0.15, -0.1) is 0 Å². The number of carbonyl (C=O) groups is 3. The number of anilines is 1. The number of benzene rings is 2. The Bertz CT molecular complexity index is 1150. The molecule has 0 aliphatic carbocycles. The Morgan fingerprint density at radius 1 is 1.00 bits per heavy atom. The van der Waals surface area contributed by atoms with Gasteiger partial charge in [-0.05, 0) is 43.4 Å². The van der Waals surface area contributed by atoms with E-state index in [2.05, 4.69) is 19.2 Å². The van der Waals surface area contributed by atoms with Crippen LogP contribution in [-0.4, -0.2) is 49.9 Å². The number of carbonyl (C=O) groups excluding carboxylic acids is 3. The summed E-state index contributed by atoms with van der Waals surface area (Å²) in [6, 6.07) is 10.8. The Labute approximate surface area is 212 Å². The summed E-state index contributed by atoms with van der Waals surface area (Å²) in [6.07, 6.45) is 3.19. The van der Waals surface area contributed by atoms with Crippen molar-refractivity contribution in [2.24, 2.45) is 5.92 Å². The van der Waals surface area contributed by atoms with E-state index in [9.17, 15) is 14.4 Å². The lowest BCUT2D eigenvalue weighted by molar-refractivity contribution is -0.121. The molecule has 0 saturated heterocycles. The van der Waals surface area contributed by atoms with Crippen LogP contribution in [0.2, 0.25) is 0 Å². The highest BCUT2D eigenvalue weighted by atomic mass is 16.5. The van der Waals surface area contributed by atoms with Gasteiger partial charge in [0.25, 0.3) is 11.8 Å². The summed E-state index contributed by atoms with van der Waals surface area (Å²) in [5, 5.41) is 2.97. The van der Waals surface area contributed by atoms with Gasteiger partial charge in [0.05, 0.1) is 31.0 Å². The highest BCUT2D eigenvalue weighted by Gasteiger charge is 2.49. The quantitative estimate of drug-likeness (QED) is 0.464. The molecule has 8 heteroatoms. The molecule has 0 spiro atoms. The number of nitrogens with one attached hydrogen (secondary N) is 1. The van der Waals surface area contributed by atoms with Crippen LogP contribution >= 0.6 is 0 Å². The van der Waals surface area contributed by atoms with Crippen molar-refractivity contribution in [2.45, 2.75) is 52.1 Å². The first-order valence-corrected chi connectivity index (χ1v) is 12.6. The molecule has 0 saturated carbocycles. The molecule has 0 fully saturated rings.